The Balaban J connectivity index is 3.04. The minimum atomic E-state index is 0.503. The maximum atomic E-state index is 6.03. The van der Waals surface area contributed by atoms with Crippen LogP contribution in [0.15, 0.2) is 12.1 Å². The molecule has 0 radical (unpaired) electrons. The summed E-state index contributed by atoms with van der Waals surface area (Å²) in [6.45, 7) is 11.7. The molecule has 18 heavy (non-hydrogen) atoms. The maximum Gasteiger partial charge on any atom is 0.125 e. The van der Waals surface area contributed by atoms with Crippen molar-refractivity contribution in [3.05, 3.63) is 28.8 Å². The van der Waals surface area contributed by atoms with Gasteiger partial charge in [-0.1, -0.05) is 38.5 Å². The fourth-order valence-corrected chi connectivity index (χ4v) is 2.54. The normalized spacial score (nSPS) is 12.8. The zero-order valence-electron chi connectivity index (χ0n) is 12.3. The predicted molar refractivity (Wildman–Crippen MR) is 83.1 cm³/mol. The van der Waals surface area contributed by atoms with Gasteiger partial charge in [-0.15, -0.1) is 0 Å². The third-order valence-corrected chi connectivity index (χ3v) is 3.36. The highest BCUT2D eigenvalue weighted by Crippen LogP contribution is 2.33. The van der Waals surface area contributed by atoms with E-state index in [1.165, 1.54) is 16.7 Å². The Morgan fingerprint density at radius 3 is 2.39 bits per heavy atom. The SMILES string of the molecule is Cc1cc(C)c(OCC(C)C)c(C(C)CCS)c1. The number of rotatable bonds is 6. The lowest BCUT2D eigenvalue weighted by Crippen LogP contribution is -2.09. The van der Waals surface area contributed by atoms with Crippen LogP contribution in [0.1, 0.15) is 49.8 Å². The molecule has 0 aliphatic carbocycles. The topological polar surface area (TPSA) is 9.23 Å². The summed E-state index contributed by atoms with van der Waals surface area (Å²) in [6.07, 6.45) is 1.09. The molecule has 0 heterocycles. The molecule has 0 aromatic heterocycles. The van der Waals surface area contributed by atoms with Crippen molar-refractivity contribution in [2.45, 2.75) is 47.0 Å². The molecule has 0 saturated heterocycles. The summed E-state index contributed by atoms with van der Waals surface area (Å²) in [6, 6.07) is 4.46. The molecule has 102 valence electrons. The number of thiol groups is 1. The van der Waals surface area contributed by atoms with E-state index in [1.807, 2.05) is 0 Å². The van der Waals surface area contributed by atoms with Gasteiger partial charge in [0, 0.05) is 0 Å². The molecule has 0 aliphatic rings. The van der Waals surface area contributed by atoms with Crippen LogP contribution in [0.5, 0.6) is 5.75 Å². The zero-order valence-corrected chi connectivity index (χ0v) is 13.2. The summed E-state index contributed by atoms with van der Waals surface area (Å²) in [5.74, 6) is 3.06. The highest BCUT2D eigenvalue weighted by atomic mass is 32.1. The second-order valence-electron chi connectivity index (χ2n) is 5.62. The Bertz CT molecular complexity index is 385. The minimum Gasteiger partial charge on any atom is -0.493 e. The largest absolute Gasteiger partial charge is 0.493 e. The van der Waals surface area contributed by atoms with E-state index in [4.69, 9.17) is 4.74 Å². The zero-order chi connectivity index (χ0) is 13.7. The first-order chi connectivity index (χ1) is 8.45. The first kappa shape index (κ1) is 15.4. The van der Waals surface area contributed by atoms with Crippen molar-refractivity contribution in [3.63, 3.8) is 0 Å². The molecular weight excluding hydrogens is 240 g/mol. The van der Waals surface area contributed by atoms with Gasteiger partial charge in [0.25, 0.3) is 0 Å². The van der Waals surface area contributed by atoms with Crippen molar-refractivity contribution < 1.29 is 4.74 Å². The van der Waals surface area contributed by atoms with Crippen LogP contribution < -0.4 is 4.74 Å². The number of hydrogen-bond acceptors (Lipinski definition) is 2. The Morgan fingerprint density at radius 2 is 1.83 bits per heavy atom. The molecule has 2 heteroatoms. The predicted octanol–water partition coefficient (Wildman–Crippen LogP) is 4.76. The van der Waals surface area contributed by atoms with Gasteiger partial charge in [0.15, 0.2) is 0 Å². The van der Waals surface area contributed by atoms with Crippen molar-refractivity contribution in [1.29, 1.82) is 0 Å². The number of ether oxygens (including phenoxy) is 1. The molecule has 0 saturated carbocycles. The Kier molecular flexibility index (Phi) is 6.07. The molecule has 1 aromatic carbocycles. The number of hydrogen-bond donors (Lipinski definition) is 1. The molecule has 0 spiro atoms. The van der Waals surface area contributed by atoms with Crippen molar-refractivity contribution in [1.82, 2.24) is 0 Å². The minimum absolute atomic E-state index is 0.503. The van der Waals surface area contributed by atoms with Gasteiger partial charge < -0.3 is 4.74 Å². The van der Waals surface area contributed by atoms with Gasteiger partial charge >= 0.3 is 0 Å². The lowest BCUT2D eigenvalue weighted by Gasteiger charge is -2.20. The number of benzene rings is 1. The van der Waals surface area contributed by atoms with Gasteiger partial charge in [0.05, 0.1) is 6.61 Å². The quantitative estimate of drug-likeness (QED) is 0.730. The molecule has 1 nitrogen and oxygen atoms in total. The number of aryl methyl sites for hydroxylation is 2. The van der Waals surface area contributed by atoms with Crippen LogP contribution in [-0.2, 0) is 0 Å². The van der Waals surface area contributed by atoms with Crippen LogP contribution in [0.3, 0.4) is 0 Å². The molecule has 1 rings (SSSR count). The molecule has 0 amide bonds. The van der Waals surface area contributed by atoms with Crippen molar-refractivity contribution in [2.75, 3.05) is 12.4 Å². The lowest BCUT2D eigenvalue weighted by atomic mass is 9.93. The van der Waals surface area contributed by atoms with Crippen molar-refractivity contribution in [2.24, 2.45) is 5.92 Å². The third kappa shape index (κ3) is 4.24. The molecule has 0 N–H and O–H groups in total. The molecule has 0 bridgehead atoms. The van der Waals surface area contributed by atoms with Gasteiger partial charge in [0.2, 0.25) is 0 Å². The molecule has 0 fully saturated rings. The van der Waals surface area contributed by atoms with Crippen LogP contribution in [-0.4, -0.2) is 12.4 Å². The Labute approximate surface area is 117 Å². The summed E-state index contributed by atoms with van der Waals surface area (Å²) >= 11 is 4.34. The highest BCUT2D eigenvalue weighted by Gasteiger charge is 2.14. The van der Waals surface area contributed by atoms with Gasteiger partial charge in [0.1, 0.15) is 5.75 Å². The summed E-state index contributed by atoms with van der Waals surface area (Å²) in [5.41, 5.74) is 3.89. The van der Waals surface area contributed by atoms with E-state index in [0.717, 1.165) is 24.5 Å². The second-order valence-corrected chi connectivity index (χ2v) is 6.07. The van der Waals surface area contributed by atoms with Crippen molar-refractivity contribution >= 4 is 12.6 Å². The van der Waals surface area contributed by atoms with Crippen LogP contribution in [0, 0.1) is 19.8 Å². The van der Waals surface area contributed by atoms with Crippen LogP contribution in [0.25, 0.3) is 0 Å². The highest BCUT2D eigenvalue weighted by molar-refractivity contribution is 7.80. The summed E-state index contributed by atoms with van der Waals surface area (Å²) in [7, 11) is 0. The fourth-order valence-electron chi connectivity index (χ4n) is 2.15. The van der Waals surface area contributed by atoms with E-state index in [-0.39, 0.29) is 0 Å². The van der Waals surface area contributed by atoms with Gasteiger partial charge in [-0.05, 0) is 49.0 Å². The van der Waals surface area contributed by atoms with E-state index in [1.54, 1.807) is 0 Å². The molecule has 1 atom stereocenters. The monoisotopic (exact) mass is 266 g/mol. The third-order valence-electron chi connectivity index (χ3n) is 3.10. The standard InChI is InChI=1S/C16H26OS/c1-11(2)10-17-16-14(5)8-12(3)9-15(16)13(4)6-7-18/h8-9,11,13,18H,6-7,10H2,1-5H3. The maximum absolute atomic E-state index is 6.03. The second kappa shape index (κ2) is 7.08. The molecule has 1 aromatic rings. The molecule has 0 aliphatic heterocycles. The van der Waals surface area contributed by atoms with Crippen LogP contribution in [0.2, 0.25) is 0 Å². The van der Waals surface area contributed by atoms with Crippen LogP contribution in [0.4, 0.5) is 0 Å². The molecular formula is C16H26OS. The fraction of sp³-hybridized carbons (Fsp3) is 0.625. The lowest BCUT2D eigenvalue weighted by molar-refractivity contribution is 0.265. The summed E-state index contributed by atoms with van der Waals surface area (Å²) in [4.78, 5) is 0. The summed E-state index contributed by atoms with van der Waals surface area (Å²) in [5, 5.41) is 0. The van der Waals surface area contributed by atoms with Gasteiger partial charge in [-0.3, -0.25) is 0 Å². The van der Waals surface area contributed by atoms with E-state index in [9.17, 15) is 0 Å². The first-order valence-electron chi connectivity index (χ1n) is 6.80. The van der Waals surface area contributed by atoms with E-state index >= 15 is 0 Å². The van der Waals surface area contributed by atoms with Crippen molar-refractivity contribution in [3.8, 4) is 5.75 Å². The Morgan fingerprint density at radius 1 is 1.17 bits per heavy atom. The van der Waals surface area contributed by atoms with Gasteiger partial charge in [-0.25, -0.2) is 0 Å². The Hall–Kier alpha value is -0.630. The first-order valence-corrected chi connectivity index (χ1v) is 7.43. The van der Waals surface area contributed by atoms with E-state index < -0.39 is 0 Å². The average Bonchev–Trinajstić information content (AvgIpc) is 2.26. The van der Waals surface area contributed by atoms with Gasteiger partial charge in [-0.2, -0.15) is 12.6 Å². The molecule has 1 unspecified atom stereocenters. The van der Waals surface area contributed by atoms with E-state index in [2.05, 4.69) is 59.4 Å². The average molecular weight is 266 g/mol. The smallest absolute Gasteiger partial charge is 0.125 e. The van der Waals surface area contributed by atoms with Crippen LogP contribution >= 0.6 is 12.6 Å². The van der Waals surface area contributed by atoms with E-state index in [0.29, 0.717) is 11.8 Å². The summed E-state index contributed by atoms with van der Waals surface area (Å²) < 4.78 is 6.03.